The molecular weight excluding hydrogens is 214 g/mol. The van der Waals surface area contributed by atoms with Gasteiger partial charge in [-0.2, -0.15) is 0 Å². The lowest BCUT2D eigenvalue weighted by molar-refractivity contribution is 0.0946. The smallest absolute Gasteiger partial charge is 0.270 e. The third-order valence-corrected chi connectivity index (χ3v) is 2.32. The highest BCUT2D eigenvalue weighted by molar-refractivity contribution is 5.92. The minimum absolute atomic E-state index is 0.175. The number of pyridine rings is 2. The second kappa shape index (κ2) is 5.21. The van der Waals surface area contributed by atoms with Gasteiger partial charge in [0.1, 0.15) is 5.69 Å². The van der Waals surface area contributed by atoms with E-state index in [1.54, 1.807) is 30.6 Å². The van der Waals surface area contributed by atoms with E-state index in [9.17, 15) is 4.79 Å². The number of carbonyl (C=O) groups is 1. The lowest BCUT2D eigenvalue weighted by atomic mass is 10.2. The molecule has 0 bridgehead atoms. The summed E-state index contributed by atoms with van der Waals surface area (Å²) in [5.74, 6) is -0.175. The SMILES string of the molecule is Cc1ccc(CNC(=O)c2ccccn2)cn1. The Morgan fingerprint density at radius 3 is 2.76 bits per heavy atom. The van der Waals surface area contributed by atoms with Crippen molar-refractivity contribution in [2.45, 2.75) is 13.5 Å². The van der Waals surface area contributed by atoms with Gasteiger partial charge in [-0.25, -0.2) is 0 Å². The number of amides is 1. The second-order valence-corrected chi connectivity index (χ2v) is 3.71. The zero-order chi connectivity index (χ0) is 12.1. The third-order valence-electron chi connectivity index (χ3n) is 2.32. The van der Waals surface area contributed by atoms with Crippen molar-refractivity contribution in [1.29, 1.82) is 0 Å². The summed E-state index contributed by atoms with van der Waals surface area (Å²) in [6, 6.07) is 9.11. The van der Waals surface area contributed by atoms with Crippen molar-refractivity contribution in [2.75, 3.05) is 0 Å². The van der Waals surface area contributed by atoms with Gasteiger partial charge >= 0.3 is 0 Å². The number of hydrogen-bond acceptors (Lipinski definition) is 3. The zero-order valence-electron chi connectivity index (χ0n) is 9.55. The van der Waals surface area contributed by atoms with E-state index in [2.05, 4.69) is 15.3 Å². The number of rotatable bonds is 3. The van der Waals surface area contributed by atoms with Gasteiger partial charge in [0.2, 0.25) is 0 Å². The molecule has 4 nitrogen and oxygen atoms in total. The largest absolute Gasteiger partial charge is 0.347 e. The van der Waals surface area contributed by atoms with E-state index in [0.29, 0.717) is 12.2 Å². The van der Waals surface area contributed by atoms with Crippen LogP contribution in [0.3, 0.4) is 0 Å². The predicted octanol–water partition coefficient (Wildman–Crippen LogP) is 1.72. The fourth-order valence-corrected chi connectivity index (χ4v) is 1.37. The molecule has 1 amide bonds. The first-order valence-electron chi connectivity index (χ1n) is 5.36. The van der Waals surface area contributed by atoms with Crippen LogP contribution in [0.1, 0.15) is 21.7 Å². The van der Waals surface area contributed by atoms with Crippen LogP contribution in [-0.4, -0.2) is 15.9 Å². The maximum atomic E-state index is 11.7. The average Bonchev–Trinajstić information content (AvgIpc) is 2.39. The Morgan fingerprint density at radius 1 is 1.24 bits per heavy atom. The van der Waals surface area contributed by atoms with E-state index in [1.807, 2.05) is 19.1 Å². The molecule has 17 heavy (non-hydrogen) atoms. The molecule has 2 aromatic rings. The van der Waals surface area contributed by atoms with Crippen LogP contribution >= 0.6 is 0 Å². The molecule has 0 radical (unpaired) electrons. The summed E-state index contributed by atoms with van der Waals surface area (Å²) >= 11 is 0. The van der Waals surface area contributed by atoms with E-state index >= 15 is 0 Å². The molecule has 2 aromatic heterocycles. The van der Waals surface area contributed by atoms with Crippen LogP contribution in [-0.2, 0) is 6.54 Å². The summed E-state index contributed by atoms with van der Waals surface area (Å²) in [5, 5.41) is 2.79. The van der Waals surface area contributed by atoms with Gasteiger partial charge in [-0.05, 0) is 30.7 Å². The van der Waals surface area contributed by atoms with Gasteiger partial charge in [0.05, 0.1) is 0 Å². The lowest BCUT2D eigenvalue weighted by Gasteiger charge is -2.04. The van der Waals surface area contributed by atoms with Crippen molar-refractivity contribution < 1.29 is 4.79 Å². The van der Waals surface area contributed by atoms with Gasteiger partial charge in [0, 0.05) is 24.6 Å². The first-order chi connectivity index (χ1) is 8.25. The molecular formula is C13H13N3O. The van der Waals surface area contributed by atoms with E-state index in [4.69, 9.17) is 0 Å². The fraction of sp³-hybridized carbons (Fsp3) is 0.154. The fourth-order valence-electron chi connectivity index (χ4n) is 1.37. The molecule has 0 aromatic carbocycles. The molecule has 4 heteroatoms. The van der Waals surface area contributed by atoms with Crippen LogP contribution in [0, 0.1) is 6.92 Å². The number of hydrogen-bond donors (Lipinski definition) is 1. The van der Waals surface area contributed by atoms with Crippen LogP contribution in [0.4, 0.5) is 0 Å². The van der Waals surface area contributed by atoms with E-state index < -0.39 is 0 Å². The highest BCUT2D eigenvalue weighted by Gasteiger charge is 2.05. The molecule has 0 saturated heterocycles. The van der Waals surface area contributed by atoms with Gasteiger partial charge < -0.3 is 5.32 Å². The van der Waals surface area contributed by atoms with E-state index in [1.165, 1.54) is 0 Å². The van der Waals surface area contributed by atoms with Crippen LogP contribution in [0.25, 0.3) is 0 Å². The molecule has 0 aliphatic heterocycles. The standard InChI is InChI=1S/C13H13N3O/c1-10-5-6-11(8-15-10)9-16-13(17)12-4-2-3-7-14-12/h2-8H,9H2,1H3,(H,16,17). The van der Waals surface area contributed by atoms with Crippen LogP contribution < -0.4 is 5.32 Å². The van der Waals surface area contributed by atoms with Crippen molar-refractivity contribution in [2.24, 2.45) is 0 Å². The quantitative estimate of drug-likeness (QED) is 0.868. The summed E-state index contributed by atoms with van der Waals surface area (Å²) in [5.41, 5.74) is 2.36. The first kappa shape index (κ1) is 11.3. The molecule has 2 heterocycles. The van der Waals surface area contributed by atoms with E-state index in [-0.39, 0.29) is 5.91 Å². The van der Waals surface area contributed by atoms with Crippen molar-refractivity contribution in [1.82, 2.24) is 15.3 Å². The van der Waals surface area contributed by atoms with Crippen molar-refractivity contribution in [3.8, 4) is 0 Å². The van der Waals surface area contributed by atoms with Crippen molar-refractivity contribution in [3.63, 3.8) is 0 Å². The molecule has 2 rings (SSSR count). The summed E-state index contributed by atoms with van der Waals surface area (Å²) in [6.45, 7) is 2.39. The average molecular weight is 227 g/mol. The molecule has 0 aliphatic rings. The summed E-state index contributed by atoms with van der Waals surface area (Å²) < 4.78 is 0. The molecule has 0 unspecified atom stereocenters. The molecule has 0 saturated carbocycles. The third kappa shape index (κ3) is 3.11. The van der Waals surface area contributed by atoms with Gasteiger partial charge in [0.25, 0.3) is 5.91 Å². The number of carbonyl (C=O) groups excluding carboxylic acids is 1. The van der Waals surface area contributed by atoms with E-state index in [0.717, 1.165) is 11.3 Å². The maximum Gasteiger partial charge on any atom is 0.270 e. The first-order valence-corrected chi connectivity index (χ1v) is 5.36. The lowest BCUT2D eigenvalue weighted by Crippen LogP contribution is -2.23. The number of aromatic nitrogens is 2. The Hall–Kier alpha value is -2.23. The Morgan fingerprint density at radius 2 is 2.12 bits per heavy atom. The Bertz CT molecular complexity index is 494. The topological polar surface area (TPSA) is 54.9 Å². The van der Waals surface area contributed by atoms with Gasteiger partial charge in [-0.3, -0.25) is 14.8 Å². The Balaban J connectivity index is 1.95. The Labute approximate surface area is 99.7 Å². The number of nitrogens with one attached hydrogen (secondary N) is 1. The highest BCUT2D eigenvalue weighted by atomic mass is 16.1. The van der Waals surface area contributed by atoms with Crippen molar-refractivity contribution in [3.05, 3.63) is 59.7 Å². The zero-order valence-corrected chi connectivity index (χ0v) is 9.55. The second-order valence-electron chi connectivity index (χ2n) is 3.71. The summed E-state index contributed by atoms with van der Waals surface area (Å²) in [4.78, 5) is 19.8. The van der Waals surface area contributed by atoms with Crippen LogP contribution in [0.2, 0.25) is 0 Å². The number of aryl methyl sites for hydroxylation is 1. The predicted molar refractivity (Wildman–Crippen MR) is 64.4 cm³/mol. The van der Waals surface area contributed by atoms with Crippen LogP contribution in [0.5, 0.6) is 0 Å². The molecule has 0 atom stereocenters. The molecule has 0 aliphatic carbocycles. The highest BCUT2D eigenvalue weighted by Crippen LogP contribution is 1.99. The Kier molecular flexibility index (Phi) is 3.45. The van der Waals surface area contributed by atoms with Crippen LogP contribution in [0.15, 0.2) is 42.7 Å². The molecule has 0 spiro atoms. The summed E-state index contributed by atoms with van der Waals surface area (Å²) in [7, 11) is 0. The molecule has 0 fully saturated rings. The van der Waals surface area contributed by atoms with Crippen molar-refractivity contribution >= 4 is 5.91 Å². The minimum Gasteiger partial charge on any atom is -0.347 e. The van der Waals surface area contributed by atoms with Gasteiger partial charge in [-0.1, -0.05) is 12.1 Å². The number of nitrogens with zero attached hydrogens (tertiary/aromatic N) is 2. The minimum atomic E-state index is -0.175. The monoisotopic (exact) mass is 227 g/mol. The molecule has 1 N–H and O–H groups in total. The maximum absolute atomic E-state index is 11.7. The normalized spacial score (nSPS) is 9.94. The van der Waals surface area contributed by atoms with Gasteiger partial charge in [0.15, 0.2) is 0 Å². The summed E-state index contributed by atoms with van der Waals surface area (Å²) in [6.07, 6.45) is 3.36. The molecule has 86 valence electrons. The van der Waals surface area contributed by atoms with Gasteiger partial charge in [-0.15, -0.1) is 0 Å².